The topological polar surface area (TPSA) is 80.6 Å². The monoisotopic (exact) mass is 365 g/mol. The van der Waals surface area contributed by atoms with E-state index in [2.05, 4.69) is 32.1 Å². The third-order valence-electron chi connectivity index (χ3n) is 2.44. The summed E-state index contributed by atoms with van der Waals surface area (Å²) in [6.07, 6.45) is 2.89. The molecular formula is C11H16BrN3O4S. The van der Waals surface area contributed by atoms with Gasteiger partial charge in [0, 0.05) is 26.8 Å². The molecule has 0 aliphatic heterocycles. The zero-order valence-corrected chi connectivity index (χ0v) is 13.8. The molecule has 1 aromatic heterocycles. The molecule has 0 atom stereocenters. The van der Waals surface area contributed by atoms with E-state index in [9.17, 15) is 13.2 Å². The summed E-state index contributed by atoms with van der Waals surface area (Å²) in [6, 6.07) is 0. The average Bonchev–Trinajstić information content (AvgIpc) is 2.64. The van der Waals surface area contributed by atoms with Crippen LogP contribution in [0.2, 0.25) is 0 Å². The number of carbonyl (C=O) groups is 1. The number of rotatable bonds is 6. The molecule has 0 unspecified atom stereocenters. The molecule has 0 bridgehead atoms. The summed E-state index contributed by atoms with van der Waals surface area (Å²) in [5.41, 5.74) is 0.124. The molecule has 0 aromatic carbocycles. The van der Waals surface area contributed by atoms with E-state index in [4.69, 9.17) is 0 Å². The molecule has 20 heavy (non-hydrogen) atoms. The van der Waals surface area contributed by atoms with E-state index in [1.54, 1.807) is 20.2 Å². The van der Waals surface area contributed by atoms with Crippen LogP contribution in [0.3, 0.4) is 0 Å². The molecule has 0 radical (unpaired) electrons. The maximum atomic E-state index is 12.2. The van der Waals surface area contributed by atoms with Crippen molar-refractivity contribution in [3.05, 3.63) is 29.0 Å². The molecule has 7 nitrogen and oxygen atoms in total. The standard InChI is InChI=1S/C11H16BrN3O4S/c1-5-6-15(3)13-20(17,18)8-7-14(2)10(9(8)12)11(16)19-4/h5,7,13H,1,6H2,2-4H3. The lowest BCUT2D eigenvalue weighted by molar-refractivity contribution is 0.0588. The average molecular weight is 366 g/mol. The highest BCUT2D eigenvalue weighted by Gasteiger charge is 2.27. The van der Waals surface area contributed by atoms with Crippen molar-refractivity contribution in [2.24, 2.45) is 7.05 Å². The number of sulfonamides is 1. The van der Waals surface area contributed by atoms with E-state index < -0.39 is 16.0 Å². The summed E-state index contributed by atoms with van der Waals surface area (Å²) in [5, 5.41) is 1.36. The van der Waals surface area contributed by atoms with Crippen molar-refractivity contribution in [3.8, 4) is 0 Å². The van der Waals surface area contributed by atoms with Crippen LogP contribution in [0, 0.1) is 0 Å². The number of hydrazine groups is 1. The lowest BCUT2D eigenvalue weighted by Crippen LogP contribution is -2.39. The molecule has 0 saturated heterocycles. The molecule has 1 heterocycles. The molecule has 1 rings (SSSR count). The third-order valence-corrected chi connectivity index (χ3v) is 4.94. The van der Waals surface area contributed by atoms with Gasteiger partial charge in [-0.3, -0.25) is 0 Å². The van der Waals surface area contributed by atoms with Gasteiger partial charge in [-0.05, 0) is 15.9 Å². The van der Waals surface area contributed by atoms with E-state index >= 15 is 0 Å². The van der Waals surface area contributed by atoms with Crippen molar-refractivity contribution in [2.75, 3.05) is 20.7 Å². The zero-order chi connectivity index (χ0) is 15.5. The number of methoxy groups -OCH3 is 1. The van der Waals surface area contributed by atoms with Crippen LogP contribution in [-0.2, 0) is 21.8 Å². The molecule has 0 amide bonds. The first kappa shape index (κ1) is 16.9. The minimum Gasteiger partial charge on any atom is -0.464 e. The summed E-state index contributed by atoms with van der Waals surface area (Å²) in [5.74, 6) is -0.625. The number of nitrogens with one attached hydrogen (secondary N) is 1. The lowest BCUT2D eigenvalue weighted by Gasteiger charge is -2.15. The van der Waals surface area contributed by atoms with Gasteiger partial charge in [0.25, 0.3) is 10.0 Å². The number of aryl methyl sites for hydroxylation is 1. The van der Waals surface area contributed by atoms with E-state index in [0.717, 1.165) is 0 Å². The van der Waals surface area contributed by atoms with Crippen LogP contribution in [0.15, 0.2) is 28.2 Å². The van der Waals surface area contributed by atoms with E-state index in [1.807, 2.05) is 0 Å². The Morgan fingerprint density at radius 1 is 1.65 bits per heavy atom. The van der Waals surface area contributed by atoms with Gasteiger partial charge in [-0.2, -0.15) is 0 Å². The second-order valence-corrected chi connectivity index (χ2v) is 6.44. The first-order chi connectivity index (χ1) is 9.24. The number of ether oxygens (including phenoxy) is 1. The summed E-state index contributed by atoms with van der Waals surface area (Å²) < 4.78 is 30.6. The van der Waals surface area contributed by atoms with Crippen LogP contribution in [0.1, 0.15) is 10.5 Å². The smallest absolute Gasteiger partial charge is 0.355 e. The van der Waals surface area contributed by atoms with Gasteiger partial charge in [-0.1, -0.05) is 6.08 Å². The number of nitrogens with zero attached hydrogens (tertiary/aromatic N) is 2. The molecule has 0 spiro atoms. The fourth-order valence-electron chi connectivity index (χ4n) is 1.57. The SMILES string of the molecule is C=CCN(C)NS(=O)(=O)c1cn(C)c(C(=O)OC)c1Br. The fourth-order valence-corrected chi connectivity index (χ4v) is 3.97. The van der Waals surface area contributed by atoms with Crippen molar-refractivity contribution >= 4 is 31.9 Å². The second-order valence-electron chi connectivity index (χ2n) is 4.02. The Bertz CT molecular complexity index is 624. The minimum atomic E-state index is -3.80. The Balaban J connectivity index is 3.20. The van der Waals surface area contributed by atoms with Gasteiger partial charge in [-0.25, -0.2) is 18.2 Å². The summed E-state index contributed by atoms with van der Waals surface area (Å²) in [6.45, 7) is 3.86. The van der Waals surface area contributed by atoms with Gasteiger partial charge in [-0.15, -0.1) is 11.4 Å². The summed E-state index contributed by atoms with van der Waals surface area (Å²) in [7, 11) is 0.551. The van der Waals surface area contributed by atoms with Crippen LogP contribution < -0.4 is 4.83 Å². The van der Waals surface area contributed by atoms with Crippen LogP contribution >= 0.6 is 15.9 Å². The van der Waals surface area contributed by atoms with Crippen LogP contribution in [0.5, 0.6) is 0 Å². The number of likely N-dealkylation sites (N-methyl/N-ethyl adjacent to an activating group) is 1. The highest BCUT2D eigenvalue weighted by atomic mass is 79.9. The van der Waals surface area contributed by atoms with Crippen molar-refractivity contribution in [3.63, 3.8) is 0 Å². The third kappa shape index (κ3) is 3.48. The van der Waals surface area contributed by atoms with Crippen molar-refractivity contribution in [1.29, 1.82) is 0 Å². The lowest BCUT2D eigenvalue weighted by atomic mass is 10.4. The van der Waals surface area contributed by atoms with Crippen LogP contribution in [-0.4, -0.2) is 44.7 Å². The Kier molecular flexibility index (Phi) is 5.51. The maximum Gasteiger partial charge on any atom is 0.355 e. The predicted molar refractivity (Wildman–Crippen MR) is 77.6 cm³/mol. The highest BCUT2D eigenvalue weighted by molar-refractivity contribution is 9.10. The van der Waals surface area contributed by atoms with Gasteiger partial charge in [0.2, 0.25) is 0 Å². The molecule has 0 aliphatic rings. The van der Waals surface area contributed by atoms with Crippen molar-refractivity contribution in [1.82, 2.24) is 14.4 Å². The quantitative estimate of drug-likeness (QED) is 0.459. The number of aromatic nitrogens is 1. The van der Waals surface area contributed by atoms with Gasteiger partial charge >= 0.3 is 5.97 Å². The van der Waals surface area contributed by atoms with Gasteiger partial charge < -0.3 is 9.30 Å². The van der Waals surface area contributed by atoms with Crippen molar-refractivity contribution < 1.29 is 17.9 Å². The van der Waals surface area contributed by atoms with E-state index in [-0.39, 0.29) is 15.1 Å². The Hall–Kier alpha value is -1.16. The number of esters is 1. The molecule has 0 aliphatic carbocycles. The summed E-state index contributed by atoms with van der Waals surface area (Å²) >= 11 is 3.13. The van der Waals surface area contributed by atoms with Gasteiger partial charge in [0.1, 0.15) is 10.6 Å². The maximum absolute atomic E-state index is 12.2. The second kappa shape index (κ2) is 6.53. The predicted octanol–water partition coefficient (Wildman–Crippen LogP) is 0.885. The molecule has 112 valence electrons. The number of carbonyl (C=O) groups excluding carboxylic acids is 1. The Morgan fingerprint density at radius 2 is 2.25 bits per heavy atom. The molecule has 9 heteroatoms. The fraction of sp³-hybridized carbons (Fsp3) is 0.364. The van der Waals surface area contributed by atoms with Crippen LogP contribution in [0.25, 0.3) is 0 Å². The van der Waals surface area contributed by atoms with Gasteiger partial charge in [0.15, 0.2) is 0 Å². The van der Waals surface area contributed by atoms with Crippen LogP contribution in [0.4, 0.5) is 0 Å². The normalized spacial score (nSPS) is 11.7. The molecule has 1 N–H and O–H groups in total. The Morgan fingerprint density at radius 3 is 2.75 bits per heavy atom. The first-order valence-electron chi connectivity index (χ1n) is 5.52. The summed E-state index contributed by atoms with van der Waals surface area (Å²) in [4.78, 5) is 13.9. The first-order valence-corrected chi connectivity index (χ1v) is 7.79. The number of halogens is 1. The molecule has 0 saturated carbocycles. The van der Waals surface area contributed by atoms with Gasteiger partial charge in [0.05, 0.1) is 11.6 Å². The molecule has 0 fully saturated rings. The Labute approximate surface area is 126 Å². The molecular weight excluding hydrogens is 350 g/mol. The van der Waals surface area contributed by atoms with Crippen molar-refractivity contribution in [2.45, 2.75) is 4.90 Å². The minimum absolute atomic E-state index is 0.0451. The molecule has 1 aromatic rings. The van der Waals surface area contributed by atoms with E-state index in [0.29, 0.717) is 6.54 Å². The zero-order valence-electron chi connectivity index (χ0n) is 11.4. The number of hydrogen-bond acceptors (Lipinski definition) is 5. The number of hydrogen-bond donors (Lipinski definition) is 1. The van der Waals surface area contributed by atoms with E-state index in [1.165, 1.54) is 22.9 Å². The highest BCUT2D eigenvalue weighted by Crippen LogP contribution is 2.28. The largest absolute Gasteiger partial charge is 0.464 e.